The molecule has 3 heterocycles. The highest BCUT2D eigenvalue weighted by Crippen LogP contribution is 2.31. The summed E-state index contributed by atoms with van der Waals surface area (Å²) in [4.78, 5) is 26.3. The Labute approximate surface area is 129 Å². The fraction of sp³-hybridized carbons (Fsp3) is 0.600. The summed E-state index contributed by atoms with van der Waals surface area (Å²) in [6.45, 7) is 6.75. The van der Waals surface area contributed by atoms with Crippen LogP contribution in [0.1, 0.15) is 73.6 Å². The van der Waals surface area contributed by atoms with Gasteiger partial charge in [-0.2, -0.15) is 4.98 Å². The average molecular weight is 303 g/mol. The van der Waals surface area contributed by atoms with E-state index in [0.29, 0.717) is 30.4 Å². The Balaban J connectivity index is 1.81. The Morgan fingerprint density at radius 1 is 1.55 bits per heavy atom. The van der Waals surface area contributed by atoms with Gasteiger partial charge in [-0.3, -0.25) is 4.79 Å². The highest BCUT2D eigenvalue weighted by atomic mass is 16.5. The van der Waals surface area contributed by atoms with E-state index in [0.717, 1.165) is 18.7 Å². The molecule has 0 aliphatic carbocycles. The first-order chi connectivity index (χ1) is 10.6. The number of aromatic nitrogens is 4. The SMILES string of the molecule is CCc1nc([C@@H]2CCCN2C(=O)c2cnc(C(C)C)[nH]2)no1. The minimum atomic E-state index is -0.109. The molecule has 7 heteroatoms. The Hall–Kier alpha value is -2.18. The van der Waals surface area contributed by atoms with Crippen LogP contribution in [-0.4, -0.2) is 37.5 Å². The first-order valence-electron chi connectivity index (χ1n) is 7.78. The Morgan fingerprint density at radius 2 is 2.36 bits per heavy atom. The summed E-state index contributed by atoms with van der Waals surface area (Å²) < 4.78 is 5.18. The van der Waals surface area contributed by atoms with Crippen molar-refractivity contribution >= 4 is 5.91 Å². The van der Waals surface area contributed by atoms with Gasteiger partial charge in [-0.25, -0.2) is 4.98 Å². The Kier molecular flexibility index (Phi) is 3.96. The molecule has 1 saturated heterocycles. The quantitative estimate of drug-likeness (QED) is 0.937. The number of rotatable bonds is 4. The number of carbonyl (C=O) groups is 1. The zero-order valence-corrected chi connectivity index (χ0v) is 13.2. The van der Waals surface area contributed by atoms with Crippen LogP contribution in [0.15, 0.2) is 10.7 Å². The van der Waals surface area contributed by atoms with Gasteiger partial charge in [0.05, 0.1) is 12.2 Å². The second-order valence-corrected chi connectivity index (χ2v) is 5.89. The molecule has 1 N–H and O–H groups in total. The van der Waals surface area contributed by atoms with Crippen molar-refractivity contribution in [3.63, 3.8) is 0 Å². The van der Waals surface area contributed by atoms with Crippen molar-refractivity contribution in [3.8, 4) is 0 Å². The molecule has 7 nitrogen and oxygen atoms in total. The summed E-state index contributed by atoms with van der Waals surface area (Å²) in [6, 6.07) is -0.109. The zero-order valence-electron chi connectivity index (χ0n) is 13.2. The highest BCUT2D eigenvalue weighted by Gasteiger charge is 2.34. The van der Waals surface area contributed by atoms with Gasteiger partial charge in [0.15, 0.2) is 5.82 Å². The van der Waals surface area contributed by atoms with Crippen LogP contribution in [0.3, 0.4) is 0 Å². The second-order valence-electron chi connectivity index (χ2n) is 5.89. The van der Waals surface area contributed by atoms with Crippen molar-refractivity contribution in [2.75, 3.05) is 6.54 Å². The summed E-state index contributed by atoms with van der Waals surface area (Å²) in [5.74, 6) is 2.25. The summed E-state index contributed by atoms with van der Waals surface area (Å²) in [7, 11) is 0. The number of likely N-dealkylation sites (tertiary alicyclic amines) is 1. The van der Waals surface area contributed by atoms with E-state index in [2.05, 4.69) is 20.1 Å². The van der Waals surface area contributed by atoms with Crippen LogP contribution in [0, 0.1) is 0 Å². The van der Waals surface area contributed by atoms with Gasteiger partial charge < -0.3 is 14.4 Å². The lowest BCUT2D eigenvalue weighted by Gasteiger charge is -2.21. The number of aromatic amines is 1. The minimum absolute atomic E-state index is 0.0512. The third kappa shape index (κ3) is 2.63. The van der Waals surface area contributed by atoms with Crippen molar-refractivity contribution in [1.82, 2.24) is 25.0 Å². The standard InChI is InChI=1S/C15H21N5O2/c1-4-12-18-14(19-22-12)11-6-5-7-20(11)15(21)10-8-16-13(17-10)9(2)3/h8-9,11H,4-7H2,1-3H3,(H,16,17)/t11-/m0/s1. The Morgan fingerprint density at radius 3 is 3.00 bits per heavy atom. The number of aryl methyl sites for hydroxylation is 1. The zero-order chi connectivity index (χ0) is 15.7. The van der Waals surface area contributed by atoms with Crippen LogP contribution in [-0.2, 0) is 6.42 Å². The van der Waals surface area contributed by atoms with E-state index in [1.807, 2.05) is 25.7 Å². The smallest absolute Gasteiger partial charge is 0.272 e. The van der Waals surface area contributed by atoms with Gasteiger partial charge in [0.1, 0.15) is 11.5 Å². The van der Waals surface area contributed by atoms with Gasteiger partial charge in [-0.1, -0.05) is 25.9 Å². The molecule has 1 atom stereocenters. The molecule has 0 bridgehead atoms. The molecule has 2 aromatic heterocycles. The van der Waals surface area contributed by atoms with Crippen LogP contribution in [0.4, 0.5) is 0 Å². The molecule has 0 unspecified atom stereocenters. The predicted octanol–water partition coefficient (Wildman–Crippen LogP) is 2.46. The van der Waals surface area contributed by atoms with E-state index in [-0.39, 0.29) is 17.9 Å². The number of carbonyl (C=O) groups excluding carboxylic acids is 1. The van der Waals surface area contributed by atoms with Gasteiger partial charge in [-0.15, -0.1) is 0 Å². The van der Waals surface area contributed by atoms with Crippen molar-refractivity contribution in [2.24, 2.45) is 0 Å². The second kappa shape index (κ2) is 5.90. The highest BCUT2D eigenvalue weighted by molar-refractivity contribution is 5.92. The molecule has 118 valence electrons. The molecular weight excluding hydrogens is 282 g/mol. The third-order valence-corrected chi connectivity index (χ3v) is 3.97. The molecule has 0 aromatic carbocycles. The van der Waals surface area contributed by atoms with E-state index in [1.165, 1.54) is 0 Å². The first-order valence-corrected chi connectivity index (χ1v) is 7.78. The molecular formula is C15H21N5O2. The van der Waals surface area contributed by atoms with E-state index < -0.39 is 0 Å². The maximum Gasteiger partial charge on any atom is 0.272 e. The predicted molar refractivity (Wildman–Crippen MR) is 79.4 cm³/mol. The van der Waals surface area contributed by atoms with Crippen molar-refractivity contribution in [1.29, 1.82) is 0 Å². The average Bonchev–Trinajstić information content (AvgIpc) is 3.24. The fourth-order valence-corrected chi connectivity index (χ4v) is 2.72. The van der Waals surface area contributed by atoms with Gasteiger partial charge in [0, 0.05) is 18.9 Å². The van der Waals surface area contributed by atoms with E-state index in [1.54, 1.807) is 6.20 Å². The molecule has 3 rings (SSSR count). The number of nitrogens with zero attached hydrogens (tertiary/aromatic N) is 4. The molecule has 0 radical (unpaired) electrons. The molecule has 1 amide bonds. The van der Waals surface area contributed by atoms with Crippen molar-refractivity contribution in [3.05, 3.63) is 29.4 Å². The number of nitrogens with one attached hydrogen (secondary N) is 1. The molecule has 1 aliphatic heterocycles. The normalized spacial score (nSPS) is 18.4. The van der Waals surface area contributed by atoms with E-state index in [9.17, 15) is 4.79 Å². The lowest BCUT2D eigenvalue weighted by Crippen LogP contribution is -2.31. The first kappa shape index (κ1) is 14.7. The summed E-state index contributed by atoms with van der Waals surface area (Å²) >= 11 is 0. The summed E-state index contributed by atoms with van der Waals surface area (Å²) in [6.07, 6.45) is 4.11. The lowest BCUT2D eigenvalue weighted by atomic mass is 10.2. The molecule has 1 aliphatic rings. The number of hydrogen-bond donors (Lipinski definition) is 1. The molecule has 0 saturated carbocycles. The minimum Gasteiger partial charge on any atom is -0.339 e. The van der Waals surface area contributed by atoms with Gasteiger partial charge in [0.25, 0.3) is 5.91 Å². The molecule has 1 fully saturated rings. The van der Waals surface area contributed by atoms with Crippen LogP contribution >= 0.6 is 0 Å². The van der Waals surface area contributed by atoms with Crippen molar-refractivity contribution in [2.45, 2.75) is 52.0 Å². The van der Waals surface area contributed by atoms with Crippen LogP contribution < -0.4 is 0 Å². The van der Waals surface area contributed by atoms with Crippen LogP contribution in [0.2, 0.25) is 0 Å². The summed E-state index contributed by atoms with van der Waals surface area (Å²) in [5, 5.41) is 4.02. The number of hydrogen-bond acceptors (Lipinski definition) is 5. The fourth-order valence-electron chi connectivity index (χ4n) is 2.72. The van der Waals surface area contributed by atoms with E-state index >= 15 is 0 Å². The van der Waals surface area contributed by atoms with Gasteiger partial charge in [0.2, 0.25) is 5.89 Å². The van der Waals surface area contributed by atoms with Crippen molar-refractivity contribution < 1.29 is 9.32 Å². The maximum absolute atomic E-state index is 12.7. The van der Waals surface area contributed by atoms with Crippen LogP contribution in [0.5, 0.6) is 0 Å². The van der Waals surface area contributed by atoms with Crippen LogP contribution in [0.25, 0.3) is 0 Å². The largest absolute Gasteiger partial charge is 0.339 e. The lowest BCUT2D eigenvalue weighted by molar-refractivity contribution is 0.0722. The molecule has 0 spiro atoms. The Bertz CT molecular complexity index is 660. The monoisotopic (exact) mass is 303 g/mol. The summed E-state index contributed by atoms with van der Waals surface area (Å²) in [5.41, 5.74) is 0.523. The number of H-pyrrole nitrogens is 1. The number of amides is 1. The number of imidazole rings is 1. The topological polar surface area (TPSA) is 87.9 Å². The maximum atomic E-state index is 12.7. The van der Waals surface area contributed by atoms with Gasteiger partial charge in [-0.05, 0) is 12.8 Å². The van der Waals surface area contributed by atoms with Gasteiger partial charge >= 0.3 is 0 Å². The molecule has 22 heavy (non-hydrogen) atoms. The van der Waals surface area contributed by atoms with E-state index in [4.69, 9.17) is 4.52 Å². The third-order valence-electron chi connectivity index (χ3n) is 3.97. The molecule has 2 aromatic rings.